The highest BCUT2D eigenvalue weighted by Crippen LogP contribution is 2.34. The number of alkyl halides is 3. The van der Waals surface area contributed by atoms with Crippen molar-refractivity contribution in [3.05, 3.63) is 76.2 Å². The van der Waals surface area contributed by atoms with E-state index in [9.17, 15) is 44.7 Å². The average Bonchev–Trinajstić information content (AvgIpc) is 3.17. The normalized spacial score (nSPS) is 14.8. The third kappa shape index (κ3) is 5.20. The Balaban J connectivity index is 1.81. The minimum Gasteiger partial charge on any atom is -0.383 e. The van der Waals surface area contributed by atoms with Crippen LogP contribution < -0.4 is 20.9 Å². The highest BCUT2D eigenvalue weighted by Gasteiger charge is 2.38. The molecule has 0 unspecified atom stereocenters. The number of carbonyl (C=O) groups is 2. The molecule has 8 nitrogen and oxygen atoms in total. The molecule has 1 aliphatic rings. The summed E-state index contributed by atoms with van der Waals surface area (Å²) >= 11 is 0. The van der Waals surface area contributed by atoms with Gasteiger partial charge in [-0.25, -0.2) is 31.7 Å². The number of amides is 3. The molecule has 0 radical (unpaired) electrons. The largest absolute Gasteiger partial charge is 0.416 e. The van der Waals surface area contributed by atoms with Crippen molar-refractivity contribution in [1.82, 2.24) is 15.3 Å². The van der Waals surface area contributed by atoms with Crippen molar-refractivity contribution in [2.45, 2.75) is 32.1 Å². The Morgan fingerprint density at radius 2 is 1.68 bits per heavy atom. The summed E-state index contributed by atoms with van der Waals surface area (Å²) in [7, 11) is 0. The van der Waals surface area contributed by atoms with Crippen LogP contribution >= 0.6 is 0 Å². The fourth-order valence-electron chi connectivity index (χ4n) is 3.93. The molecule has 0 atom stereocenters. The van der Waals surface area contributed by atoms with Gasteiger partial charge in [0, 0.05) is 17.4 Å². The third-order valence-corrected chi connectivity index (χ3v) is 5.87. The first-order chi connectivity index (χ1) is 18.5. The van der Waals surface area contributed by atoms with E-state index in [2.05, 4.69) is 15.3 Å². The number of hydrogen-bond acceptors (Lipinski definition) is 5. The van der Waals surface area contributed by atoms with Crippen LogP contribution in [0.25, 0.3) is 0 Å². The molecule has 3 aromatic rings. The topological polar surface area (TPSA) is 104 Å². The molecule has 1 saturated heterocycles. The fourth-order valence-corrected chi connectivity index (χ4v) is 3.93. The Morgan fingerprint density at radius 3 is 2.20 bits per heavy atom. The monoisotopic (exact) mass is 574 g/mol. The van der Waals surface area contributed by atoms with Crippen LogP contribution in [0.5, 0.6) is 0 Å². The first-order valence-electron chi connectivity index (χ1n) is 11.2. The van der Waals surface area contributed by atoms with Crippen molar-refractivity contribution in [2.24, 2.45) is 0 Å². The van der Waals surface area contributed by atoms with Crippen molar-refractivity contribution in [3.8, 4) is 0 Å². The molecule has 1 fully saturated rings. The molecule has 4 rings (SSSR count). The lowest BCUT2D eigenvalue weighted by Gasteiger charge is -2.25. The standard InChI is InChI=1S/C24H18F8N6O2/c1-23(2)9-38(22(40)36-23)21-34-7-12(19(33)35-21)20(39)37(11-5-3-4-10(6-11)24(30,31)32)8-13-14(25)16(27)18(29)17(28)15(13)26/h3-7H,8-9H2,1-2H3,(H,36,40)(H2,33,34,35). The number of nitrogens with zero attached hydrogens (tertiary/aromatic N) is 4. The number of hydrogen-bond donors (Lipinski definition) is 2. The fraction of sp³-hybridized carbons (Fsp3) is 0.250. The number of urea groups is 1. The van der Waals surface area contributed by atoms with E-state index in [1.807, 2.05) is 0 Å². The maximum absolute atomic E-state index is 14.5. The Kier molecular flexibility index (Phi) is 7.06. The van der Waals surface area contributed by atoms with Gasteiger partial charge in [0.15, 0.2) is 23.3 Å². The zero-order valence-electron chi connectivity index (χ0n) is 20.5. The number of rotatable bonds is 5. The van der Waals surface area contributed by atoms with Crippen molar-refractivity contribution in [2.75, 3.05) is 22.1 Å². The van der Waals surface area contributed by atoms with Gasteiger partial charge in [0.2, 0.25) is 11.8 Å². The summed E-state index contributed by atoms with van der Waals surface area (Å²) in [5.41, 5.74) is 1.24. The third-order valence-electron chi connectivity index (χ3n) is 5.87. The van der Waals surface area contributed by atoms with Gasteiger partial charge >= 0.3 is 12.2 Å². The van der Waals surface area contributed by atoms with E-state index in [1.165, 1.54) is 0 Å². The average molecular weight is 574 g/mol. The van der Waals surface area contributed by atoms with E-state index in [1.54, 1.807) is 13.8 Å². The first kappa shape index (κ1) is 28.5. The lowest BCUT2D eigenvalue weighted by molar-refractivity contribution is -0.137. The van der Waals surface area contributed by atoms with Crippen molar-refractivity contribution in [1.29, 1.82) is 0 Å². The number of aromatic nitrogens is 2. The van der Waals surface area contributed by atoms with Crippen LogP contribution in [0.4, 0.5) is 57.4 Å². The van der Waals surface area contributed by atoms with Gasteiger partial charge in [0.05, 0.1) is 24.2 Å². The van der Waals surface area contributed by atoms with Crippen molar-refractivity contribution >= 4 is 29.4 Å². The van der Waals surface area contributed by atoms with Crippen molar-refractivity contribution < 1.29 is 44.7 Å². The summed E-state index contributed by atoms with van der Waals surface area (Å²) in [5.74, 6) is -13.8. The molecule has 3 amide bonds. The number of carbonyl (C=O) groups excluding carboxylic acids is 2. The molecule has 40 heavy (non-hydrogen) atoms. The van der Waals surface area contributed by atoms with E-state index >= 15 is 0 Å². The van der Waals surface area contributed by atoms with E-state index in [-0.39, 0.29) is 12.5 Å². The lowest BCUT2D eigenvalue weighted by Crippen LogP contribution is -2.36. The second-order valence-corrected chi connectivity index (χ2v) is 9.36. The minimum absolute atomic E-state index is 0.106. The number of anilines is 3. The second-order valence-electron chi connectivity index (χ2n) is 9.36. The molecular weight excluding hydrogens is 556 g/mol. The minimum atomic E-state index is -4.91. The molecule has 2 aromatic carbocycles. The molecule has 2 heterocycles. The Hall–Kier alpha value is -4.50. The molecule has 0 bridgehead atoms. The SMILES string of the molecule is CC1(C)CN(c2ncc(C(=O)N(Cc3c(F)c(F)c(F)c(F)c3F)c3cccc(C(F)(F)F)c3)c(N)n2)C(=O)N1. The van der Waals surface area contributed by atoms with Crippen LogP contribution in [-0.4, -0.2) is 34.0 Å². The van der Waals surface area contributed by atoms with Crippen LogP contribution in [-0.2, 0) is 12.7 Å². The molecule has 0 aliphatic carbocycles. The van der Waals surface area contributed by atoms with Gasteiger partial charge in [-0.15, -0.1) is 0 Å². The number of benzene rings is 2. The van der Waals surface area contributed by atoms with Gasteiger partial charge in [0.1, 0.15) is 11.4 Å². The van der Waals surface area contributed by atoms with Crippen LogP contribution in [0.3, 0.4) is 0 Å². The Labute approximate surface area is 220 Å². The Bertz CT molecular complexity index is 1500. The molecule has 1 aliphatic heterocycles. The van der Waals surface area contributed by atoms with Gasteiger partial charge in [-0.2, -0.15) is 18.2 Å². The van der Waals surface area contributed by atoms with Gasteiger partial charge in [-0.3, -0.25) is 9.69 Å². The van der Waals surface area contributed by atoms with Crippen LogP contribution in [0.2, 0.25) is 0 Å². The van der Waals surface area contributed by atoms with E-state index in [0.717, 1.165) is 23.2 Å². The highest BCUT2D eigenvalue weighted by molar-refractivity contribution is 6.08. The predicted octanol–water partition coefficient (Wildman–Crippen LogP) is 4.93. The molecule has 3 N–H and O–H groups in total. The summed E-state index contributed by atoms with van der Waals surface area (Å²) in [5, 5.41) is 2.65. The lowest BCUT2D eigenvalue weighted by atomic mass is 10.1. The van der Waals surface area contributed by atoms with Crippen LogP contribution in [0.15, 0.2) is 30.5 Å². The predicted molar refractivity (Wildman–Crippen MR) is 125 cm³/mol. The summed E-state index contributed by atoms with van der Waals surface area (Å²) in [6, 6.07) is 2.31. The van der Waals surface area contributed by atoms with E-state index in [0.29, 0.717) is 17.0 Å². The van der Waals surface area contributed by atoms with E-state index < -0.39 is 87.5 Å². The summed E-state index contributed by atoms with van der Waals surface area (Å²) < 4.78 is 110. The number of nitrogens with one attached hydrogen (secondary N) is 1. The van der Waals surface area contributed by atoms with Gasteiger partial charge < -0.3 is 16.0 Å². The second kappa shape index (κ2) is 9.91. The van der Waals surface area contributed by atoms with Crippen LogP contribution in [0, 0.1) is 29.1 Å². The molecule has 1 aromatic heterocycles. The highest BCUT2D eigenvalue weighted by atomic mass is 19.4. The number of nitrogen functional groups attached to an aromatic ring is 1. The maximum Gasteiger partial charge on any atom is 0.416 e. The first-order valence-corrected chi connectivity index (χ1v) is 11.2. The quantitative estimate of drug-likeness (QED) is 0.256. The maximum atomic E-state index is 14.5. The molecule has 0 saturated carbocycles. The van der Waals surface area contributed by atoms with Gasteiger partial charge in [-0.1, -0.05) is 6.07 Å². The van der Waals surface area contributed by atoms with Gasteiger partial charge in [0.25, 0.3) is 5.91 Å². The number of halogens is 8. The summed E-state index contributed by atoms with van der Waals surface area (Å²) in [6.45, 7) is 2.13. The smallest absolute Gasteiger partial charge is 0.383 e. The zero-order valence-corrected chi connectivity index (χ0v) is 20.5. The summed E-state index contributed by atoms with van der Waals surface area (Å²) in [4.78, 5) is 34.9. The van der Waals surface area contributed by atoms with E-state index in [4.69, 9.17) is 5.73 Å². The Morgan fingerprint density at radius 1 is 1.07 bits per heavy atom. The molecule has 0 spiro atoms. The molecular formula is C24H18F8N6O2. The molecule has 212 valence electrons. The van der Waals surface area contributed by atoms with Crippen LogP contribution in [0.1, 0.15) is 35.3 Å². The number of nitrogens with two attached hydrogens (primary N) is 1. The van der Waals surface area contributed by atoms with Crippen molar-refractivity contribution in [3.63, 3.8) is 0 Å². The van der Waals surface area contributed by atoms with Gasteiger partial charge in [-0.05, 0) is 32.0 Å². The molecule has 16 heteroatoms. The zero-order chi connectivity index (χ0) is 29.7. The summed E-state index contributed by atoms with van der Waals surface area (Å²) in [6.07, 6.45) is -4.10.